The third-order valence-electron chi connectivity index (χ3n) is 4.48. The SMILES string of the molecule is Cc1cccc(NC(=O)[C@H]2CCCN2S(=O)(=O)c2cccc3nsnc23)n1. The summed E-state index contributed by atoms with van der Waals surface area (Å²) in [5.74, 6) is 0.0350. The fraction of sp³-hybridized carbons (Fsp3) is 0.294. The van der Waals surface area contributed by atoms with Crippen molar-refractivity contribution in [2.45, 2.75) is 30.7 Å². The molecule has 10 heteroatoms. The molecule has 1 aliphatic heterocycles. The van der Waals surface area contributed by atoms with Crippen LogP contribution in [0.15, 0.2) is 41.3 Å². The molecule has 1 fully saturated rings. The van der Waals surface area contributed by atoms with E-state index in [1.807, 2.05) is 13.0 Å². The zero-order chi connectivity index (χ0) is 19.0. The minimum atomic E-state index is -3.87. The highest BCUT2D eigenvalue weighted by atomic mass is 32.2. The predicted octanol–water partition coefficient (Wildman–Crippen LogP) is 2.19. The lowest BCUT2D eigenvalue weighted by Gasteiger charge is -2.23. The topological polar surface area (TPSA) is 105 Å². The van der Waals surface area contributed by atoms with Gasteiger partial charge in [-0.15, -0.1) is 0 Å². The number of carbonyl (C=O) groups excluding carboxylic acids is 1. The zero-order valence-corrected chi connectivity index (χ0v) is 16.1. The summed E-state index contributed by atoms with van der Waals surface area (Å²) >= 11 is 0.965. The fourth-order valence-corrected chi connectivity index (χ4v) is 5.64. The van der Waals surface area contributed by atoms with Gasteiger partial charge in [0.2, 0.25) is 15.9 Å². The Morgan fingerprint density at radius 1 is 1.22 bits per heavy atom. The van der Waals surface area contributed by atoms with Crippen molar-refractivity contribution >= 4 is 44.5 Å². The van der Waals surface area contributed by atoms with E-state index >= 15 is 0 Å². The standard InChI is InChI=1S/C17H17N5O3S2/c1-11-5-2-9-15(18-11)19-17(23)13-7-4-10-22(13)27(24,25)14-8-3-6-12-16(14)21-26-20-12/h2-3,5-6,8-9,13H,4,7,10H2,1H3,(H,18,19,23)/t13-/m1/s1. The Balaban J connectivity index is 1.64. The van der Waals surface area contributed by atoms with E-state index in [0.717, 1.165) is 17.4 Å². The quantitative estimate of drug-likeness (QED) is 0.716. The Labute approximate surface area is 160 Å². The maximum atomic E-state index is 13.2. The summed E-state index contributed by atoms with van der Waals surface area (Å²) in [5.41, 5.74) is 1.64. The molecule has 1 aliphatic rings. The largest absolute Gasteiger partial charge is 0.309 e. The Kier molecular flexibility index (Phi) is 4.62. The molecular weight excluding hydrogens is 386 g/mol. The smallest absolute Gasteiger partial charge is 0.246 e. The van der Waals surface area contributed by atoms with Crippen LogP contribution >= 0.6 is 11.7 Å². The van der Waals surface area contributed by atoms with Crippen LogP contribution in [0.2, 0.25) is 0 Å². The molecule has 3 aromatic rings. The molecule has 0 saturated carbocycles. The average Bonchev–Trinajstić information content (AvgIpc) is 3.31. The number of rotatable bonds is 4. The number of benzene rings is 1. The number of fused-ring (bicyclic) bond motifs is 1. The highest BCUT2D eigenvalue weighted by Gasteiger charge is 2.40. The molecule has 8 nitrogen and oxygen atoms in total. The van der Waals surface area contributed by atoms with Crippen LogP contribution in [0.4, 0.5) is 5.82 Å². The summed E-state index contributed by atoms with van der Waals surface area (Å²) in [4.78, 5) is 17.1. The molecule has 4 rings (SSSR count). The van der Waals surface area contributed by atoms with Gasteiger partial charge in [-0.2, -0.15) is 13.1 Å². The van der Waals surface area contributed by atoms with E-state index in [1.165, 1.54) is 10.4 Å². The molecule has 140 valence electrons. The van der Waals surface area contributed by atoms with E-state index in [2.05, 4.69) is 19.0 Å². The maximum Gasteiger partial charge on any atom is 0.246 e. The minimum absolute atomic E-state index is 0.0853. The molecule has 0 radical (unpaired) electrons. The summed E-state index contributed by atoms with van der Waals surface area (Å²) < 4.78 is 35.9. The number of hydrogen-bond donors (Lipinski definition) is 1. The van der Waals surface area contributed by atoms with Crippen LogP contribution in [0.25, 0.3) is 11.0 Å². The van der Waals surface area contributed by atoms with Crippen molar-refractivity contribution < 1.29 is 13.2 Å². The first-order valence-electron chi connectivity index (χ1n) is 8.44. The number of aryl methyl sites for hydroxylation is 1. The van der Waals surface area contributed by atoms with Gasteiger partial charge in [-0.3, -0.25) is 4.79 Å². The van der Waals surface area contributed by atoms with E-state index in [1.54, 1.807) is 24.3 Å². The molecule has 27 heavy (non-hydrogen) atoms. The van der Waals surface area contributed by atoms with E-state index in [4.69, 9.17) is 0 Å². The monoisotopic (exact) mass is 403 g/mol. The molecule has 0 unspecified atom stereocenters. The van der Waals surface area contributed by atoms with Crippen molar-refractivity contribution in [2.75, 3.05) is 11.9 Å². The summed E-state index contributed by atoms with van der Waals surface area (Å²) in [6.45, 7) is 2.11. The maximum absolute atomic E-state index is 13.2. The van der Waals surface area contributed by atoms with Crippen molar-refractivity contribution in [3.05, 3.63) is 42.1 Å². The molecule has 1 N–H and O–H groups in total. The number of nitrogens with zero attached hydrogens (tertiary/aromatic N) is 4. The number of aromatic nitrogens is 3. The molecule has 0 spiro atoms. The summed E-state index contributed by atoms with van der Waals surface area (Å²) in [6.07, 6.45) is 1.08. The highest BCUT2D eigenvalue weighted by molar-refractivity contribution is 7.89. The van der Waals surface area contributed by atoms with Crippen molar-refractivity contribution in [3.63, 3.8) is 0 Å². The van der Waals surface area contributed by atoms with Gasteiger partial charge in [0.05, 0.1) is 11.7 Å². The Hall–Kier alpha value is -2.43. The number of anilines is 1. The number of nitrogens with one attached hydrogen (secondary N) is 1. The van der Waals surface area contributed by atoms with Gasteiger partial charge in [-0.25, -0.2) is 13.4 Å². The van der Waals surface area contributed by atoms with Crippen LogP contribution < -0.4 is 5.32 Å². The first kappa shape index (κ1) is 18.0. The normalized spacial score (nSPS) is 18.0. The predicted molar refractivity (Wildman–Crippen MR) is 102 cm³/mol. The van der Waals surface area contributed by atoms with Crippen molar-refractivity contribution in [2.24, 2.45) is 0 Å². The van der Waals surface area contributed by atoms with Gasteiger partial charge in [-0.1, -0.05) is 12.1 Å². The average molecular weight is 403 g/mol. The van der Waals surface area contributed by atoms with Crippen molar-refractivity contribution in [3.8, 4) is 0 Å². The molecule has 1 atom stereocenters. The zero-order valence-electron chi connectivity index (χ0n) is 14.5. The second-order valence-corrected chi connectivity index (χ2v) is 8.70. The minimum Gasteiger partial charge on any atom is -0.309 e. The van der Waals surface area contributed by atoms with Crippen molar-refractivity contribution in [1.82, 2.24) is 18.0 Å². The Morgan fingerprint density at radius 3 is 2.85 bits per heavy atom. The molecule has 1 saturated heterocycles. The molecule has 2 aromatic heterocycles. The van der Waals surface area contributed by atoms with Crippen LogP contribution in [0.5, 0.6) is 0 Å². The van der Waals surface area contributed by atoms with E-state index in [-0.39, 0.29) is 17.3 Å². The molecule has 1 amide bonds. The van der Waals surface area contributed by atoms with Crippen LogP contribution in [0.3, 0.4) is 0 Å². The van der Waals surface area contributed by atoms with Gasteiger partial charge < -0.3 is 5.32 Å². The number of hydrogen-bond acceptors (Lipinski definition) is 7. The number of pyridine rings is 1. The number of sulfonamides is 1. The summed E-state index contributed by atoms with van der Waals surface area (Å²) in [7, 11) is -3.87. The lowest BCUT2D eigenvalue weighted by atomic mass is 10.2. The first-order valence-corrected chi connectivity index (χ1v) is 10.6. The van der Waals surface area contributed by atoms with Gasteiger partial charge in [0, 0.05) is 12.2 Å². The van der Waals surface area contributed by atoms with E-state index in [0.29, 0.717) is 29.7 Å². The number of amides is 1. The third kappa shape index (κ3) is 3.31. The first-order chi connectivity index (χ1) is 13.0. The summed E-state index contributed by atoms with van der Waals surface area (Å²) in [6, 6.07) is 9.38. The number of carbonyl (C=O) groups is 1. The van der Waals surface area contributed by atoms with Crippen LogP contribution in [-0.2, 0) is 14.8 Å². The fourth-order valence-electron chi connectivity index (χ4n) is 3.23. The van der Waals surface area contributed by atoms with E-state index in [9.17, 15) is 13.2 Å². The third-order valence-corrected chi connectivity index (χ3v) is 6.96. The van der Waals surface area contributed by atoms with Crippen LogP contribution in [-0.4, -0.2) is 44.9 Å². The van der Waals surface area contributed by atoms with Gasteiger partial charge in [0.1, 0.15) is 27.8 Å². The van der Waals surface area contributed by atoms with Crippen molar-refractivity contribution in [1.29, 1.82) is 0 Å². The second kappa shape index (κ2) is 6.95. The van der Waals surface area contributed by atoms with Gasteiger partial charge >= 0.3 is 0 Å². The highest BCUT2D eigenvalue weighted by Crippen LogP contribution is 2.30. The lowest BCUT2D eigenvalue weighted by molar-refractivity contribution is -0.119. The van der Waals surface area contributed by atoms with Gasteiger partial charge in [0.15, 0.2) is 0 Å². The molecule has 0 bridgehead atoms. The summed E-state index contributed by atoms with van der Waals surface area (Å²) in [5, 5.41) is 2.73. The second-order valence-electron chi connectivity index (χ2n) is 6.32. The molecule has 3 heterocycles. The van der Waals surface area contributed by atoms with Crippen LogP contribution in [0, 0.1) is 6.92 Å². The van der Waals surface area contributed by atoms with Crippen LogP contribution in [0.1, 0.15) is 18.5 Å². The Morgan fingerprint density at radius 2 is 2.04 bits per heavy atom. The Bertz CT molecular complexity index is 1110. The lowest BCUT2D eigenvalue weighted by Crippen LogP contribution is -2.43. The molecule has 0 aliphatic carbocycles. The van der Waals surface area contributed by atoms with E-state index < -0.39 is 16.1 Å². The van der Waals surface area contributed by atoms with Gasteiger partial charge in [0.25, 0.3) is 0 Å². The molecule has 1 aromatic carbocycles. The van der Waals surface area contributed by atoms with Gasteiger partial charge in [-0.05, 0) is 44.0 Å². The molecular formula is C17H17N5O3S2.